The molecule has 0 heterocycles. The summed E-state index contributed by atoms with van der Waals surface area (Å²) in [7, 11) is 0. The first-order valence-corrected chi connectivity index (χ1v) is 7.11. The van der Waals surface area contributed by atoms with E-state index >= 15 is 0 Å². The largest absolute Gasteiger partial charge is 0.398 e. The van der Waals surface area contributed by atoms with Gasteiger partial charge in [-0.15, -0.1) is 11.8 Å². The van der Waals surface area contributed by atoms with Crippen molar-refractivity contribution < 1.29 is 9.18 Å². The van der Waals surface area contributed by atoms with Crippen molar-refractivity contribution in [2.45, 2.75) is 36.6 Å². The number of carbonyl (C=O) groups is 1. The molecule has 3 N–H and O–H groups in total. The third-order valence-corrected chi connectivity index (χ3v) is 4.13. The van der Waals surface area contributed by atoms with E-state index < -0.39 is 0 Å². The molecule has 1 aliphatic carbocycles. The zero-order valence-electron chi connectivity index (χ0n) is 10.1. The lowest BCUT2D eigenvalue weighted by Gasteiger charge is -2.12. The average Bonchev–Trinajstić information content (AvgIpc) is 2.83. The quantitative estimate of drug-likeness (QED) is 0.652. The molecule has 3 nitrogen and oxygen atoms in total. The SMILES string of the molecule is Nc1ccc(F)cc1SCC(=O)NC1CCCC1. The van der Waals surface area contributed by atoms with Gasteiger partial charge in [-0.05, 0) is 31.0 Å². The smallest absolute Gasteiger partial charge is 0.230 e. The second-order valence-corrected chi connectivity index (χ2v) is 5.54. The summed E-state index contributed by atoms with van der Waals surface area (Å²) in [6.45, 7) is 0. The lowest BCUT2D eigenvalue weighted by atomic mass is 10.2. The number of hydrogen-bond donors (Lipinski definition) is 2. The molecule has 0 unspecified atom stereocenters. The lowest BCUT2D eigenvalue weighted by Crippen LogP contribution is -2.33. The molecule has 0 radical (unpaired) electrons. The fraction of sp³-hybridized carbons (Fsp3) is 0.462. The molecule has 18 heavy (non-hydrogen) atoms. The highest BCUT2D eigenvalue weighted by Crippen LogP contribution is 2.25. The van der Waals surface area contributed by atoms with Crippen LogP contribution in [0.5, 0.6) is 0 Å². The molecule has 98 valence electrons. The second kappa shape index (κ2) is 6.09. The molecule has 1 aromatic rings. The van der Waals surface area contributed by atoms with Crippen molar-refractivity contribution in [2.24, 2.45) is 0 Å². The Bertz CT molecular complexity index is 433. The topological polar surface area (TPSA) is 55.1 Å². The van der Waals surface area contributed by atoms with Crippen LogP contribution in [0.3, 0.4) is 0 Å². The van der Waals surface area contributed by atoms with Crippen molar-refractivity contribution >= 4 is 23.4 Å². The second-order valence-electron chi connectivity index (χ2n) is 4.52. The van der Waals surface area contributed by atoms with E-state index in [1.807, 2.05) is 0 Å². The Morgan fingerprint density at radius 1 is 1.44 bits per heavy atom. The number of amides is 1. The van der Waals surface area contributed by atoms with E-state index in [1.165, 1.54) is 42.8 Å². The summed E-state index contributed by atoms with van der Waals surface area (Å²) < 4.78 is 13.0. The highest BCUT2D eigenvalue weighted by Gasteiger charge is 2.17. The summed E-state index contributed by atoms with van der Waals surface area (Å²) >= 11 is 1.28. The zero-order chi connectivity index (χ0) is 13.0. The van der Waals surface area contributed by atoms with E-state index in [0.717, 1.165) is 12.8 Å². The van der Waals surface area contributed by atoms with Crippen molar-refractivity contribution in [1.29, 1.82) is 0 Å². The van der Waals surface area contributed by atoms with Gasteiger partial charge in [0.1, 0.15) is 5.82 Å². The Morgan fingerprint density at radius 2 is 2.17 bits per heavy atom. The van der Waals surface area contributed by atoms with Crippen LogP contribution in [0.1, 0.15) is 25.7 Å². The highest BCUT2D eigenvalue weighted by molar-refractivity contribution is 8.00. The van der Waals surface area contributed by atoms with Gasteiger partial charge in [-0.2, -0.15) is 0 Å². The molecule has 0 atom stereocenters. The Labute approximate surface area is 110 Å². The number of carbonyl (C=O) groups excluding carboxylic acids is 1. The fourth-order valence-electron chi connectivity index (χ4n) is 2.12. The first kappa shape index (κ1) is 13.2. The Balaban J connectivity index is 1.83. The van der Waals surface area contributed by atoms with Crippen molar-refractivity contribution in [1.82, 2.24) is 5.32 Å². The molecule has 2 rings (SSSR count). The molecule has 0 spiro atoms. The number of nitrogens with two attached hydrogens (primary N) is 1. The maximum absolute atomic E-state index is 13.0. The summed E-state index contributed by atoms with van der Waals surface area (Å²) in [4.78, 5) is 12.3. The van der Waals surface area contributed by atoms with E-state index in [-0.39, 0.29) is 17.5 Å². The number of anilines is 1. The van der Waals surface area contributed by atoms with Gasteiger partial charge in [0.05, 0.1) is 5.75 Å². The first-order chi connectivity index (χ1) is 8.65. The van der Waals surface area contributed by atoms with Gasteiger partial charge in [0.2, 0.25) is 5.91 Å². The van der Waals surface area contributed by atoms with Gasteiger partial charge in [0, 0.05) is 16.6 Å². The third-order valence-electron chi connectivity index (χ3n) is 3.05. The molecule has 0 aromatic heterocycles. The van der Waals surface area contributed by atoms with E-state index in [9.17, 15) is 9.18 Å². The van der Waals surface area contributed by atoms with Crippen molar-refractivity contribution in [3.63, 3.8) is 0 Å². The van der Waals surface area contributed by atoms with Gasteiger partial charge in [0.25, 0.3) is 0 Å². The fourth-order valence-corrected chi connectivity index (χ4v) is 2.92. The van der Waals surface area contributed by atoms with Crippen LogP contribution in [0.4, 0.5) is 10.1 Å². The molecule has 0 aliphatic heterocycles. The maximum Gasteiger partial charge on any atom is 0.230 e. The number of halogens is 1. The molecule has 0 bridgehead atoms. The van der Waals surface area contributed by atoms with Crippen molar-refractivity contribution in [3.8, 4) is 0 Å². The van der Waals surface area contributed by atoms with Crippen LogP contribution >= 0.6 is 11.8 Å². The van der Waals surface area contributed by atoms with E-state index in [0.29, 0.717) is 16.6 Å². The van der Waals surface area contributed by atoms with Crippen LogP contribution in [-0.2, 0) is 4.79 Å². The van der Waals surface area contributed by atoms with Crippen LogP contribution in [0.25, 0.3) is 0 Å². The van der Waals surface area contributed by atoms with Gasteiger partial charge >= 0.3 is 0 Å². The standard InChI is InChI=1S/C13H17FN2OS/c14-9-5-6-11(15)12(7-9)18-8-13(17)16-10-3-1-2-4-10/h5-7,10H,1-4,8,15H2,(H,16,17). The minimum absolute atomic E-state index is 0.00411. The van der Waals surface area contributed by atoms with E-state index in [4.69, 9.17) is 5.73 Å². The predicted molar refractivity (Wildman–Crippen MR) is 71.9 cm³/mol. The molecule has 1 saturated carbocycles. The van der Waals surface area contributed by atoms with E-state index in [2.05, 4.69) is 5.32 Å². The predicted octanol–water partition coefficient (Wildman–Crippen LogP) is 2.56. The summed E-state index contributed by atoms with van der Waals surface area (Å²) in [6.07, 6.45) is 4.51. The van der Waals surface area contributed by atoms with Crippen molar-refractivity contribution in [2.75, 3.05) is 11.5 Å². The van der Waals surface area contributed by atoms with Crippen LogP contribution in [0, 0.1) is 5.82 Å². The first-order valence-electron chi connectivity index (χ1n) is 6.12. The number of thioether (sulfide) groups is 1. The minimum atomic E-state index is -0.331. The van der Waals surface area contributed by atoms with Gasteiger partial charge in [-0.3, -0.25) is 4.79 Å². The number of benzene rings is 1. The lowest BCUT2D eigenvalue weighted by molar-refractivity contribution is -0.119. The number of nitrogens with one attached hydrogen (secondary N) is 1. The maximum atomic E-state index is 13.0. The minimum Gasteiger partial charge on any atom is -0.398 e. The molecule has 1 fully saturated rings. The Morgan fingerprint density at radius 3 is 2.89 bits per heavy atom. The van der Waals surface area contributed by atoms with Gasteiger partial charge in [-0.1, -0.05) is 12.8 Å². The van der Waals surface area contributed by atoms with E-state index in [1.54, 1.807) is 0 Å². The third kappa shape index (κ3) is 3.63. The monoisotopic (exact) mass is 268 g/mol. The number of rotatable bonds is 4. The summed E-state index contributed by atoms with van der Waals surface area (Å²) in [5.41, 5.74) is 6.23. The van der Waals surface area contributed by atoms with Gasteiger partial charge < -0.3 is 11.1 Å². The molecule has 1 aromatic carbocycles. The average molecular weight is 268 g/mol. The Hall–Kier alpha value is -1.23. The molecule has 5 heteroatoms. The Kier molecular flexibility index (Phi) is 4.47. The molecular weight excluding hydrogens is 251 g/mol. The number of nitrogen functional groups attached to an aromatic ring is 1. The van der Waals surface area contributed by atoms with Crippen LogP contribution in [-0.4, -0.2) is 17.7 Å². The molecule has 1 amide bonds. The van der Waals surface area contributed by atoms with Gasteiger partial charge in [0.15, 0.2) is 0 Å². The zero-order valence-corrected chi connectivity index (χ0v) is 10.9. The summed E-state index contributed by atoms with van der Waals surface area (Å²) in [6, 6.07) is 4.52. The van der Waals surface area contributed by atoms with Crippen LogP contribution in [0.15, 0.2) is 23.1 Å². The van der Waals surface area contributed by atoms with Crippen LogP contribution in [0.2, 0.25) is 0 Å². The normalized spacial score (nSPS) is 15.8. The number of hydrogen-bond acceptors (Lipinski definition) is 3. The van der Waals surface area contributed by atoms with Crippen molar-refractivity contribution in [3.05, 3.63) is 24.0 Å². The van der Waals surface area contributed by atoms with Gasteiger partial charge in [-0.25, -0.2) is 4.39 Å². The molecule has 1 aliphatic rings. The summed E-state index contributed by atoms with van der Waals surface area (Å²) in [5.74, 6) is -0.0529. The molecule has 0 saturated heterocycles. The van der Waals surface area contributed by atoms with Crippen LogP contribution < -0.4 is 11.1 Å². The highest BCUT2D eigenvalue weighted by atomic mass is 32.2. The summed E-state index contributed by atoms with van der Waals surface area (Å²) in [5, 5.41) is 2.99. The molecular formula is C13H17FN2OS.